The second-order valence-electron chi connectivity index (χ2n) is 18.3. The van der Waals surface area contributed by atoms with Crippen LogP contribution in [0.5, 0.6) is 0 Å². The fraction of sp³-hybridized carbons (Fsp3) is 0. The lowest BCUT2D eigenvalue weighted by Gasteiger charge is -2.22. The largest absolute Gasteiger partial charge is 0.308 e. The van der Waals surface area contributed by atoms with E-state index >= 15 is 0 Å². The fourth-order valence-electron chi connectivity index (χ4n) is 10.7. The number of para-hydroxylation sites is 2. The molecule has 3 heterocycles. The Hall–Kier alpha value is -6.98. The van der Waals surface area contributed by atoms with Crippen LogP contribution in [0.3, 0.4) is 0 Å². The average Bonchev–Trinajstić information content (AvgIpc) is 3.87. The highest BCUT2D eigenvalue weighted by Crippen LogP contribution is 2.43. The third-order valence-corrected chi connectivity index (χ3v) is 15.1. The lowest BCUT2D eigenvalue weighted by Crippen LogP contribution is -2.55. The summed E-state index contributed by atoms with van der Waals surface area (Å²) in [7, 11) is 22.2. The van der Waals surface area contributed by atoms with Gasteiger partial charge in [-0.05, 0) is 58.7 Å². The van der Waals surface area contributed by atoms with Crippen molar-refractivity contribution in [1.82, 2.24) is 24.1 Å². The van der Waals surface area contributed by atoms with Crippen molar-refractivity contribution < 1.29 is 0 Å². The highest BCUT2D eigenvalue weighted by molar-refractivity contribution is 6.70. The minimum absolute atomic E-state index is 0.602. The van der Waals surface area contributed by atoms with Gasteiger partial charge in [0.15, 0.2) is 11.6 Å². The van der Waals surface area contributed by atoms with E-state index in [4.69, 9.17) is 15.0 Å². The molecule has 0 fully saturated rings. The zero-order chi connectivity index (χ0) is 45.7. The number of fused-ring (bicyclic) bond motifs is 7. The molecule has 0 saturated carbocycles. The maximum absolute atomic E-state index is 5.55. The van der Waals surface area contributed by atoms with Gasteiger partial charge in [-0.25, -0.2) is 4.98 Å². The minimum Gasteiger partial charge on any atom is -0.308 e. The Morgan fingerprint density at radius 1 is 0.318 bits per heavy atom. The molecular formula is C51H43B10N5. The van der Waals surface area contributed by atoms with E-state index in [0.29, 0.717) is 17.6 Å². The number of aromatic nitrogens is 5. The van der Waals surface area contributed by atoms with Gasteiger partial charge in [-0.3, -0.25) is 4.57 Å². The number of nitrogens with zero attached hydrogens (tertiary/aromatic N) is 5. The van der Waals surface area contributed by atoms with Crippen molar-refractivity contribution in [3.63, 3.8) is 0 Å². The predicted octanol–water partition coefficient (Wildman–Crippen LogP) is -4.68. The van der Waals surface area contributed by atoms with E-state index in [0.717, 1.165) is 60.8 Å². The summed E-state index contributed by atoms with van der Waals surface area (Å²) in [6, 6.07) is 50.6. The molecule has 0 spiro atoms. The van der Waals surface area contributed by atoms with E-state index in [1.165, 1.54) is 76.5 Å². The second-order valence-corrected chi connectivity index (χ2v) is 18.3. The molecule has 0 aliphatic carbocycles. The standard InChI is InChI=1S/C51H43B10N5/c52-38-36(39(53)43(57)46(60)42(38)56)49-62-50(37-40(54)44(58)47(61)45(59)41(37)55)64-51(63-49)66-33-18-10-8-16-31(33)35-34(66)20-19-30-29-15-7-9-17-32(29)65(48(30)35)28-22-26(24-11-3-1-4-12-24)21-27(23-28)25-13-5-2-6-14-25/h1-23H,52-61H2. The molecule has 11 rings (SSSR count). The van der Waals surface area contributed by atoms with Gasteiger partial charge in [0.2, 0.25) is 5.95 Å². The van der Waals surface area contributed by atoms with Crippen molar-refractivity contribution in [2.75, 3.05) is 0 Å². The molecule has 0 saturated heterocycles. The zero-order valence-electron chi connectivity index (χ0n) is 39.5. The van der Waals surface area contributed by atoms with Crippen molar-refractivity contribution in [3.8, 4) is 56.7 Å². The van der Waals surface area contributed by atoms with Crippen LogP contribution in [0.25, 0.3) is 100 Å². The molecule has 5 nitrogen and oxygen atoms in total. The molecular weight excluding hydrogens is 791 g/mol. The smallest absolute Gasteiger partial charge is 0.238 e. The van der Waals surface area contributed by atoms with Crippen LogP contribution in [0.4, 0.5) is 0 Å². The number of benzene rings is 8. The molecule has 8 aromatic carbocycles. The summed E-state index contributed by atoms with van der Waals surface area (Å²) in [6.07, 6.45) is 0. The summed E-state index contributed by atoms with van der Waals surface area (Å²) < 4.78 is 4.77. The van der Waals surface area contributed by atoms with Crippen LogP contribution in [0.1, 0.15) is 0 Å². The van der Waals surface area contributed by atoms with E-state index < -0.39 is 0 Å². The van der Waals surface area contributed by atoms with E-state index in [9.17, 15) is 0 Å². The fourth-order valence-corrected chi connectivity index (χ4v) is 10.7. The lowest BCUT2D eigenvalue weighted by atomic mass is 9.60. The van der Waals surface area contributed by atoms with Gasteiger partial charge in [-0.2, -0.15) is 9.97 Å². The van der Waals surface area contributed by atoms with E-state index in [-0.39, 0.29) is 0 Å². The first-order chi connectivity index (χ1) is 31.9. The average molecular weight is 834 g/mol. The first kappa shape index (κ1) is 41.7. The number of rotatable bonds is 6. The van der Waals surface area contributed by atoms with Crippen molar-refractivity contribution >= 4 is 177 Å². The first-order valence-electron chi connectivity index (χ1n) is 23.1. The van der Waals surface area contributed by atoms with Gasteiger partial charge in [0.1, 0.15) is 78.5 Å². The zero-order valence-corrected chi connectivity index (χ0v) is 39.5. The molecule has 66 heavy (non-hydrogen) atoms. The molecule has 3 aromatic heterocycles. The first-order valence-corrected chi connectivity index (χ1v) is 23.1. The summed E-state index contributed by atoms with van der Waals surface area (Å²) in [4.78, 5) is 16.6. The Labute approximate surface area is 395 Å². The van der Waals surface area contributed by atoms with Crippen molar-refractivity contribution in [3.05, 3.63) is 140 Å². The molecule has 0 amide bonds. The Balaban J connectivity index is 1.27. The summed E-state index contributed by atoms with van der Waals surface area (Å²) in [5.41, 5.74) is 24.8. The Morgan fingerprint density at radius 2 is 0.742 bits per heavy atom. The van der Waals surface area contributed by atoms with Crippen LogP contribution in [0.15, 0.2) is 140 Å². The van der Waals surface area contributed by atoms with Crippen LogP contribution in [0, 0.1) is 0 Å². The van der Waals surface area contributed by atoms with Crippen LogP contribution in [-0.2, 0) is 0 Å². The van der Waals surface area contributed by atoms with E-state index in [1.54, 1.807) is 0 Å². The Morgan fingerprint density at radius 3 is 1.24 bits per heavy atom. The van der Waals surface area contributed by atoms with Crippen molar-refractivity contribution in [2.24, 2.45) is 0 Å². The summed E-state index contributed by atoms with van der Waals surface area (Å²) in [6.45, 7) is 0. The molecule has 0 atom stereocenters. The second kappa shape index (κ2) is 15.9. The van der Waals surface area contributed by atoms with Crippen LogP contribution in [0.2, 0.25) is 0 Å². The highest BCUT2D eigenvalue weighted by Gasteiger charge is 2.26. The molecule has 11 aromatic rings. The molecule has 0 aliphatic rings. The lowest BCUT2D eigenvalue weighted by molar-refractivity contribution is 0.956. The molecule has 15 heteroatoms. The summed E-state index contributed by atoms with van der Waals surface area (Å²) in [5, 5.41) is 4.68. The third kappa shape index (κ3) is 6.34. The number of hydrogen-bond acceptors (Lipinski definition) is 3. The predicted molar refractivity (Wildman–Crippen MR) is 312 cm³/mol. The van der Waals surface area contributed by atoms with Crippen LogP contribution in [-0.4, -0.2) is 103 Å². The van der Waals surface area contributed by atoms with Gasteiger partial charge in [0, 0.05) is 38.4 Å². The molecule has 0 N–H and O–H groups in total. The monoisotopic (exact) mass is 835 g/mol. The molecule has 0 unspecified atom stereocenters. The van der Waals surface area contributed by atoms with Gasteiger partial charge in [-0.15, -0.1) is 32.8 Å². The Kier molecular flexibility index (Phi) is 10.0. The van der Waals surface area contributed by atoms with E-state index in [2.05, 4.69) is 227 Å². The molecule has 0 aliphatic heterocycles. The maximum Gasteiger partial charge on any atom is 0.238 e. The molecule has 0 radical (unpaired) electrons. The molecule has 0 bridgehead atoms. The van der Waals surface area contributed by atoms with Crippen LogP contribution < -0.4 is 54.6 Å². The van der Waals surface area contributed by atoms with Crippen LogP contribution >= 0.6 is 0 Å². The Bertz CT molecular complexity index is 3630. The van der Waals surface area contributed by atoms with Gasteiger partial charge < -0.3 is 4.57 Å². The van der Waals surface area contributed by atoms with Crippen molar-refractivity contribution in [2.45, 2.75) is 0 Å². The van der Waals surface area contributed by atoms with E-state index in [1.807, 2.05) is 0 Å². The van der Waals surface area contributed by atoms with Gasteiger partial charge in [-0.1, -0.05) is 125 Å². The third-order valence-electron chi connectivity index (χ3n) is 15.1. The quantitative estimate of drug-likeness (QED) is 0.159. The topological polar surface area (TPSA) is 48.5 Å². The minimum atomic E-state index is 0.602. The molecule has 302 valence electrons. The van der Waals surface area contributed by atoms with Gasteiger partial charge in [0.05, 0.1) is 22.1 Å². The normalized spacial score (nSPS) is 11.6. The summed E-state index contributed by atoms with van der Waals surface area (Å²) >= 11 is 0. The maximum atomic E-state index is 5.55. The van der Waals surface area contributed by atoms with Gasteiger partial charge in [0.25, 0.3) is 0 Å². The van der Waals surface area contributed by atoms with Crippen molar-refractivity contribution in [1.29, 1.82) is 0 Å². The summed E-state index contributed by atoms with van der Waals surface area (Å²) in [5.74, 6) is 1.99. The van der Waals surface area contributed by atoms with Gasteiger partial charge >= 0.3 is 0 Å². The SMILES string of the molecule is Bc1c(B)c(B)c(-c2nc(-c3c(B)c(B)c(B)c(B)c3B)nc(-n3c4ccccc4c4c3ccc3c5ccccc5n(-c5cc(-c6ccccc6)cc(-c6ccccc6)c5)c34)n2)c(B)c1B. The highest BCUT2D eigenvalue weighted by atomic mass is 15.2. The number of hydrogen-bond donors (Lipinski definition) is 0.